The van der Waals surface area contributed by atoms with Crippen molar-refractivity contribution in [3.8, 4) is 0 Å². The van der Waals surface area contributed by atoms with E-state index in [1.165, 1.54) is 18.5 Å². The highest BCUT2D eigenvalue weighted by molar-refractivity contribution is 5.38. The zero-order valence-corrected chi connectivity index (χ0v) is 13.4. The molecule has 0 N–H and O–H groups in total. The lowest BCUT2D eigenvalue weighted by atomic mass is 9.97. The van der Waals surface area contributed by atoms with Crippen molar-refractivity contribution in [3.05, 3.63) is 60.3 Å². The van der Waals surface area contributed by atoms with Crippen molar-refractivity contribution in [2.45, 2.75) is 19.3 Å². The number of pyridine rings is 1. The van der Waals surface area contributed by atoms with Crippen LogP contribution in [-0.2, 0) is 0 Å². The van der Waals surface area contributed by atoms with E-state index in [0.717, 1.165) is 32.0 Å². The van der Waals surface area contributed by atoms with Crippen LogP contribution in [0.25, 0.3) is 0 Å². The molecule has 1 aliphatic rings. The first-order valence-corrected chi connectivity index (χ1v) is 8.26. The van der Waals surface area contributed by atoms with Gasteiger partial charge in [-0.25, -0.2) is 4.98 Å². The van der Waals surface area contributed by atoms with Crippen LogP contribution < -0.4 is 4.90 Å². The summed E-state index contributed by atoms with van der Waals surface area (Å²) in [4.78, 5) is 9.42. The summed E-state index contributed by atoms with van der Waals surface area (Å²) in [6.45, 7) is 7.95. The second-order valence-corrected chi connectivity index (χ2v) is 6.12. The van der Waals surface area contributed by atoms with Gasteiger partial charge in [0.2, 0.25) is 0 Å². The van der Waals surface area contributed by atoms with Crippen LogP contribution >= 0.6 is 0 Å². The van der Waals surface area contributed by atoms with Crippen LogP contribution in [0.3, 0.4) is 0 Å². The summed E-state index contributed by atoms with van der Waals surface area (Å²) >= 11 is 0. The summed E-state index contributed by atoms with van der Waals surface area (Å²) in [5.74, 6) is 1.75. The van der Waals surface area contributed by atoms with Crippen LogP contribution in [0.4, 0.5) is 5.82 Å². The average molecular weight is 295 g/mol. The van der Waals surface area contributed by atoms with Crippen molar-refractivity contribution in [1.82, 2.24) is 9.88 Å². The van der Waals surface area contributed by atoms with Crippen molar-refractivity contribution in [2.75, 3.05) is 37.6 Å². The molecule has 3 heteroatoms. The fourth-order valence-corrected chi connectivity index (χ4v) is 3.07. The Bertz CT molecular complexity index is 547. The minimum Gasteiger partial charge on any atom is -0.354 e. The van der Waals surface area contributed by atoms with E-state index in [9.17, 15) is 0 Å². The Morgan fingerprint density at radius 2 is 1.68 bits per heavy atom. The highest BCUT2D eigenvalue weighted by Gasteiger charge is 2.18. The highest BCUT2D eigenvalue weighted by atomic mass is 15.3. The van der Waals surface area contributed by atoms with Crippen LogP contribution in [0.15, 0.2) is 54.7 Å². The van der Waals surface area contributed by atoms with Gasteiger partial charge in [0.05, 0.1) is 0 Å². The molecule has 1 fully saturated rings. The molecule has 0 radical (unpaired) electrons. The molecule has 3 rings (SSSR count). The van der Waals surface area contributed by atoms with Crippen LogP contribution in [0, 0.1) is 0 Å². The minimum absolute atomic E-state index is 0.634. The van der Waals surface area contributed by atoms with Crippen LogP contribution in [-0.4, -0.2) is 42.6 Å². The van der Waals surface area contributed by atoms with E-state index < -0.39 is 0 Å². The molecule has 0 spiro atoms. The fourth-order valence-electron chi connectivity index (χ4n) is 3.07. The molecule has 116 valence electrons. The Balaban J connectivity index is 1.44. The van der Waals surface area contributed by atoms with Crippen molar-refractivity contribution < 1.29 is 0 Å². The minimum atomic E-state index is 0.634. The molecule has 1 atom stereocenters. The molecule has 0 amide bonds. The Kier molecular flexibility index (Phi) is 5.07. The zero-order valence-electron chi connectivity index (χ0n) is 13.4. The summed E-state index contributed by atoms with van der Waals surface area (Å²) in [6, 6.07) is 17.0. The predicted molar refractivity (Wildman–Crippen MR) is 92.4 cm³/mol. The maximum absolute atomic E-state index is 4.45. The van der Waals surface area contributed by atoms with E-state index in [4.69, 9.17) is 0 Å². The molecule has 3 nitrogen and oxygen atoms in total. The molecule has 2 aromatic rings. The molecule has 0 bridgehead atoms. The van der Waals surface area contributed by atoms with E-state index in [-0.39, 0.29) is 0 Å². The quantitative estimate of drug-likeness (QED) is 0.843. The van der Waals surface area contributed by atoms with Gasteiger partial charge in [-0.05, 0) is 36.6 Å². The SMILES string of the molecule is C[C@H](CCN1CCN(c2ccccn2)CC1)c1ccccc1. The van der Waals surface area contributed by atoms with Gasteiger partial charge in [0.1, 0.15) is 5.82 Å². The van der Waals surface area contributed by atoms with Gasteiger partial charge in [-0.2, -0.15) is 0 Å². The van der Waals surface area contributed by atoms with Gasteiger partial charge in [0, 0.05) is 32.4 Å². The standard InChI is InChI=1S/C19H25N3/c1-17(18-7-3-2-4-8-18)10-12-21-13-15-22(16-14-21)19-9-5-6-11-20-19/h2-9,11,17H,10,12-16H2,1H3/t17-/m1/s1. The van der Waals surface area contributed by atoms with Gasteiger partial charge < -0.3 is 4.90 Å². The van der Waals surface area contributed by atoms with E-state index in [0.29, 0.717) is 5.92 Å². The van der Waals surface area contributed by atoms with Crippen molar-refractivity contribution in [2.24, 2.45) is 0 Å². The summed E-state index contributed by atoms with van der Waals surface area (Å²) in [6.07, 6.45) is 3.11. The molecular formula is C19H25N3. The van der Waals surface area contributed by atoms with E-state index in [1.807, 2.05) is 12.3 Å². The number of benzene rings is 1. The number of hydrogen-bond acceptors (Lipinski definition) is 3. The maximum atomic E-state index is 4.45. The molecule has 0 aliphatic carbocycles. The summed E-state index contributed by atoms with van der Waals surface area (Å²) in [5, 5.41) is 0. The molecule has 2 heterocycles. The largest absolute Gasteiger partial charge is 0.354 e. The predicted octanol–water partition coefficient (Wildman–Crippen LogP) is 3.40. The lowest BCUT2D eigenvalue weighted by Crippen LogP contribution is -2.47. The summed E-state index contributed by atoms with van der Waals surface area (Å²) in [7, 11) is 0. The van der Waals surface area contributed by atoms with Crippen molar-refractivity contribution in [3.63, 3.8) is 0 Å². The van der Waals surface area contributed by atoms with Crippen LogP contribution in [0.2, 0.25) is 0 Å². The van der Waals surface area contributed by atoms with Gasteiger partial charge in [0.25, 0.3) is 0 Å². The van der Waals surface area contributed by atoms with Gasteiger partial charge in [0.15, 0.2) is 0 Å². The third-order valence-electron chi connectivity index (χ3n) is 4.59. The van der Waals surface area contributed by atoms with E-state index >= 15 is 0 Å². The van der Waals surface area contributed by atoms with E-state index in [2.05, 4.69) is 64.2 Å². The second kappa shape index (κ2) is 7.41. The molecule has 1 saturated heterocycles. The Morgan fingerprint density at radius 3 is 2.36 bits per heavy atom. The number of hydrogen-bond donors (Lipinski definition) is 0. The second-order valence-electron chi connectivity index (χ2n) is 6.12. The average Bonchev–Trinajstić information content (AvgIpc) is 2.61. The molecule has 1 aromatic heterocycles. The first-order chi connectivity index (χ1) is 10.8. The number of piperazine rings is 1. The van der Waals surface area contributed by atoms with Crippen LogP contribution in [0.5, 0.6) is 0 Å². The first kappa shape index (κ1) is 15.0. The first-order valence-electron chi connectivity index (χ1n) is 8.26. The smallest absolute Gasteiger partial charge is 0.128 e. The highest BCUT2D eigenvalue weighted by Crippen LogP contribution is 2.19. The van der Waals surface area contributed by atoms with Gasteiger partial charge >= 0.3 is 0 Å². The number of nitrogens with zero attached hydrogens (tertiary/aromatic N) is 3. The monoisotopic (exact) mass is 295 g/mol. The van der Waals surface area contributed by atoms with Crippen molar-refractivity contribution in [1.29, 1.82) is 0 Å². The number of anilines is 1. The molecule has 22 heavy (non-hydrogen) atoms. The molecule has 1 aromatic carbocycles. The van der Waals surface area contributed by atoms with Gasteiger partial charge in [-0.3, -0.25) is 4.90 Å². The maximum Gasteiger partial charge on any atom is 0.128 e. The van der Waals surface area contributed by atoms with Gasteiger partial charge in [-0.15, -0.1) is 0 Å². The normalized spacial score (nSPS) is 17.4. The number of rotatable bonds is 5. The topological polar surface area (TPSA) is 19.4 Å². The summed E-state index contributed by atoms with van der Waals surface area (Å²) in [5.41, 5.74) is 1.45. The van der Waals surface area contributed by atoms with Crippen molar-refractivity contribution >= 4 is 5.82 Å². The third-order valence-corrected chi connectivity index (χ3v) is 4.59. The molecular weight excluding hydrogens is 270 g/mol. The zero-order chi connectivity index (χ0) is 15.2. The Labute approximate surface area is 133 Å². The van der Waals surface area contributed by atoms with E-state index in [1.54, 1.807) is 0 Å². The van der Waals surface area contributed by atoms with Crippen LogP contribution in [0.1, 0.15) is 24.8 Å². The fraction of sp³-hybridized carbons (Fsp3) is 0.421. The number of aromatic nitrogens is 1. The molecule has 0 unspecified atom stereocenters. The Morgan fingerprint density at radius 1 is 0.955 bits per heavy atom. The lowest BCUT2D eigenvalue weighted by molar-refractivity contribution is 0.249. The van der Waals surface area contributed by atoms with Gasteiger partial charge in [-0.1, -0.05) is 43.3 Å². The lowest BCUT2D eigenvalue weighted by Gasteiger charge is -2.35. The third kappa shape index (κ3) is 3.86. The molecule has 1 aliphatic heterocycles. The Hall–Kier alpha value is -1.87. The molecule has 0 saturated carbocycles. The summed E-state index contributed by atoms with van der Waals surface area (Å²) < 4.78 is 0.